The van der Waals surface area contributed by atoms with Gasteiger partial charge in [-0.3, -0.25) is 4.79 Å². The van der Waals surface area contributed by atoms with Gasteiger partial charge in [-0.2, -0.15) is 0 Å². The predicted octanol–water partition coefficient (Wildman–Crippen LogP) is 6.67. The normalized spacial score (nSPS) is 14.6. The lowest BCUT2D eigenvalue weighted by molar-refractivity contribution is -0.121. The number of nitrogens with one attached hydrogen (secondary N) is 1. The zero-order valence-corrected chi connectivity index (χ0v) is 20.4. The molecule has 0 spiro atoms. The van der Waals surface area contributed by atoms with Gasteiger partial charge in [0, 0.05) is 47.2 Å². The molecule has 0 aliphatic carbocycles. The average molecular weight is 481 g/mol. The maximum Gasteiger partial charge on any atom is 0.220 e. The van der Waals surface area contributed by atoms with E-state index in [0.717, 1.165) is 42.9 Å². The quantitative estimate of drug-likeness (QED) is 0.370. The van der Waals surface area contributed by atoms with E-state index in [0.29, 0.717) is 11.4 Å². The van der Waals surface area contributed by atoms with Gasteiger partial charge in [0.05, 0.1) is 0 Å². The lowest BCUT2D eigenvalue weighted by Gasteiger charge is -2.26. The van der Waals surface area contributed by atoms with Crippen LogP contribution in [0.5, 0.6) is 0 Å². The standard InChI is InChI=1S/C28H30Cl2N2O/c1-20(31-28(33)7-4-17-32-18-16-23-5-2-3-6-27(23)32)26(22-10-14-25(30)15-11-22)19-21-8-12-24(29)13-9-21/h2-3,5-6,8-15,20,26H,4,7,16-19H2,1H3,(H,31,33). The van der Waals surface area contributed by atoms with E-state index in [2.05, 4.69) is 53.5 Å². The van der Waals surface area contributed by atoms with Crippen LogP contribution in [0.15, 0.2) is 72.8 Å². The van der Waals surface area contributed by atoms with Gasteiger partial charge in [-0.25, -0.2) is 0 Å². The van der Waals surface area contributed by atoms with Crippen LogP contribution in [-0.2, 0) is 17.6 Å². The highest BCUT2D eigenvalue weighted by molar-refractivity contribution is 6.30. The van der Waals surface area contributed by atoms with Crippen LogP contribution in [0.1, 0.15) is 42.4 Å². The summed E-state index contributed by atoms with van der Waals surface area (Å²) in [7, 11) is 0. The third-order valence-electron chi connectivity index (χ3n) is 6.47. The predicted molar refractivity (Wildman–Crippen MR) is 139 cm³/mol. The van der Waals surface area contributed by atoms with Crippen molar-refractivity contribution >= 4 is 34.8 Å². The third kappa shape index (κ3) is 6.31. The number of rotatable bonds is 9. The summed E-state index contributed by atoms with van der Waals surface area (Å²) < 4.78 is 0. The zero-order valence-electron chi connectivity index (χ0n) is 18.9. The Kier molecular flexibility index (Phi) is 7.95. The largest absolute Gasteiger partial charge is 0.371 e. The molecule has 1 aliphatic rings. The molecule has 0 saturated carbocycles. The third-order valence-corrected chi connectivity index (χ3v) is 6.98. The SMILES string of the molecule is CC(NC(=O)CCCN1CCc2ccccc21)C(Cc1ccc(Cl)cc1)c1ccc(Cl)cc1. The molecule has 2 unspecified atom stereocenters. The summed E-state index contributed by atoms with van der Waals surface area (Å²) in [6, 6.07) is 24.4. The van der Waals surface area contributed by atoms with Crippen molar-refractivity contribution in [3.05, 3.63) is 99.5 Å². The highest BCUT2D eigenvalue weighted by atomic mass is 35.5. The van der Waals surface area contributed by atoms with Crippen LogP contribution in [0, 0.1) is 0 Å². The first-order chi connectivity index (χ1) is 16.0. The summed E-state index contributed by atoms with van der Waals surface area (Å²) in [5.74, 6) is 0.239. The van der Waals surface area contributed by atoms with Gasteiger partial charge in [-0.1, -0.05) is 65.7 Å². The van der Waals surface area contributed by atoms with Crippen molar-refractivity contribution in [2.45, 2.75) is 44.6 Å². The molecular formula is C28H30Cl2N2O. The molecule has 1 N–H and O–H groups in total. The fourth-order valence-electron chi connectivity index (χ4n) is 4.66. The van der Waals surface area contributed by atoms with Crippen LogP contribution in [-0.4, -0.2) is 25.0 Å². The van der Waals surface area contributed by atoms with Gasteiger partial charge in [-0.05, 0) is 73.2 Å². The molecule has 2 atom stereocenters. The Labute approximate surface area is 206 Å². The minimum atomic E-state index is -0.0122. The molecule has 1 amide bonds. The van der Waals surface area contributed by atoms with Crippen molar-refractivity contribution in [1.29, 1.82) is 0 Å². The number of para-hydroxylation sites is 1. The van der Waals surface area contributed by atoms with Crippen molar-refractivity contribution in [3.63, 3.8) is 0 Å². The van der Waals surface area contributed by atoms with Crippen molar-refractivity contribution in [3.8, 4) is 0 Å². The summed E-state index contributed by atoms with van der Waals surface area (Å²) in [6.07, 6.45) is 3.27. The Morgan fingerprint density at radius 3 is 2.36 bits per heavy atom. The van der Waals surface area contributed by atoms with E-state index in [1.807, 2.05) is 36.4 Å². The van der Waals surface area contributed by atoms with Crippen LogP contribution >= 0.6 is 23.2 Å². The molecular weight excluding hydrogens is 451 g/mol. The molecule has 0 aromatic heterocycles. The fraction of sp³-hybridized carbons (Fsp3) is 0.321. The second-order valence-corrected chi connectivity index (χ2v) is 9.69. The fourth-order valence-corrected chi connectivity index (χ4v) is 4.92. The van der Waals surface area contributed by atoms with E-state index in [-0.39, 0.29) is 17.9 Å². The average Bonchev–Trinajstić information content (AvgIpc) is 3.22. The first kappa shape index (κ1) is 23.7. The molecule has 172 valence electrons. The summed E-state index contributed by atoms with van der Waals surface area (Å²) in [6.45, 7) is 4.03. The van der Waals surface area contributed by atoms with Gasteiger partial charge >= 0.3 is 0 Å². The zero-order chi connectivity index (χ0) is 23.2. The lowest BCUT2D eigenvalue weighted by Crippen LogP contribution is -2.38. The number of hydrogen-bond donors (Lipinski definition) is 1. The van der Waals surface area contributed by atoms with Crippen molar-refractivity contribution in [2.75, 3.05) is 18.0 Å². The number of benzene rings is 3. The second-order valence-electron chi connectivity index (χ2n) is 8.81. The molecule has 0 saturated heterocycles. The topological polar surface area (TPSA) is 32.3 Å². The van der Waals surface area contributed by atoms with E-state index in [9.17, 15) is 4.79 Å². The van der Waals surface area contributed by atoms with Gasteiger partial charge in [0.15, 0.2) is 0 Å². The molecule has 33 heavy (non-hydrogen) atoms. The smallest absolute Gasteiger partial charge is 0.220 e. The van der Waals surface area contributed by atoms with E-state index < -0.39 is 0 Å². The van der Waals surface area contributed by atoms with Gasteiger partial charge in [0.25, 0.3) is 0 Å². The first-order valence-corrected chi connectivity index (χ1v) is 12.4. The van der Waals surface area contributed by atoms with Gasteiger partial charge < -0.3 is 10.2 Å². The van der Waals surface area contributed by atoms with Crippen molar-refractivity contribution < 1.29 is 4.79 Å². The van der Waals surface area contributed by atoms with Gasteiger partial charge in [0.2, 0.25) is 5.91 Å². The number of fused-ring (bicyclic) bond motifs is 1. The number of hydrogen-bond acceptors (Lipinski definition) is 2. The monoisotopic (exact) mass is 480 g/mol. The van der Waals surface area contributed by atoms with Crippen LogP contribution in [0.4, 0.5) is 5.69 Å². The molecule has 5 heteroatoms. The van der Waals surface area contributed by atoms with Crippen molar-refractivity contribution in [1.82, 2.24) is 5.32 Å². The number of halogens is 2. The molecule has 0 fully saturated rings. The van der Waals surface area contributed by atoms with E-state index in [4.69, 9.17) is 23.2 Å². The molecule has 1 heterocycles. The molecule has 3 nitrogen and oxygen atoms in total. The minimum absolute atomic E-state index is 0.0122. The van der Waals surface area contributed by atoms with Crippen molar-refractivity contribution in [2.24, 2.45) is 0 Å². The Balaban J connectivity index is 1.35. The Hall–Kier alpha value is -2.49. The Bertz CT molecular complexity index is 1070. The molecule has 1 aliphatic heterocycles. The number of nitrogens with zero attached hydrogens (tertiary/aromatic N) is 1. The summed E-state index contributed by atoms with van der Waals surface area (Å²) in [5, 5.41) is 4.69. The van der Waals surface area contributed by atoms with E-state index in [1.165, 1.54) is 16.8 Å². The van der Waals surface area contributed by atoms with E-state index >= 15 is 0 Å². The van der Waals surface area contributed by atoms with Crippen LogP contribution in [0.25, 0.3) is 0 Å². The van der Waals surface area contributed by atoms with Crippen LogP contribution < -0.4 is 10.2 Å². The number of carbonyl (C=O) groups is 1. The number of anilines is 1. The van der Waals surface area contributed by atoms with Gasteiger partial charge in [0.1, 0.15) is 0 Å². The molecule has 0 bridgehead atoms. The Morgan fingerprint density at radius 2 is 1.64 bits per heavy atom. The summed E-state index contributed by atoms with van der Waals surface area (Å²) in [5.41, 5.74) is 5.07. The molecule has 0 radical (unpaired) electrons. The molecule has 3 aromatic carbocycles. The Morgan fingerprint density at radius 1 is 0.970 bits per heavy atom. The maximum atomic E-state index is 12.8. The molecule has 3 aromatic rings. The maximum absolute atomic E-state index is 12.8. The number of amides is 1. The van der Waals surface area contributed by atoms with E-state index in [1.54, 1.807) is 0 Å². The second kappa shape index (κ2) is 11.1. The lowest BCUT2D eigenvalue weighted by atomic mass is 9.86. The van der Waals surface area contributed by atoms with Gasteiger partial charge in [-0.15, -0.1) is 0 Å². The number of carbonyl (C=O) groups excluding carboxylic acids is 1. The highest BCUT2D eigenvalue weighted by Crippen LogP contribution is 2.28. The van der Waals surface area contributed by atoms with Crippen LogP contribution in [0.3, 0.4) is 0 Å². The van der Waals surface area contributed by atoms with Crippen LogP contribution in [0.2, 0.25) is 10.0 Å². The summed E-state index contributed by atoms with van der Waals surface area (Å²) in [4.78, 5) is 15.2. The summed E-state index contributed by atoms with van der Waals surface area (Å²) >= 11 is 12.2. The first-order valence-electron chi connectivity index (χ1n) is 11.6. The highest BCUT2D eigenvalue weighted by Gasteiger charge is 2.22. The minimum Gasteiger partial charge on any atom is -0.371 e. The molecule has 4 rings (SSSR count).